The van der Waals surface area contributed by atoms with Crippen LogP contribution in [0.15, 0.2) is 18.2 Å². The molecule has 1 saturated heterocycles. The van der Waals surface area contributed by atoms with Gasteiger partial charge in [-0.2, -0.15) is 0 Å². The van der Waals surface area contributed by atoms with Gasteiger partial charge in [-0.15, -0.1) is 0 Å². The van der Waals surface area contributed by atoms with Crippen LogP contribution in [-0.2, 0) is 4.79 Å². The molecule has 98 valence electrons. The zero-order chi connectivity index (χ0) is 13.2. The number of carbonyl (C=O) groups excluding carboxylic acids is 1. The van der Waals surface area contributed by atoms with Gasteiger partial charge in [0, 0.05) is 6.54 Å². The summed E-state index contributed by atoms with van der Waals surface area (Å²) in [6.07, 6.45) is 1.57. The van der Waals surface area contributed by atoms with E-state index in [2.05, 4.69) is 10.6 Å². The van der Waals surface area contributed by atoms with E-state index in [0.717, 1.165) is 24.9 Å². The van der Waals surface area contributed by atoms with Crippen molar-refractivity contribution in [3.63, 3.8) is 0 Å². The summed E-state index contributed by atoms with van der Waals surface area (Å²) in [5, 5.41) is 5.96. The third-order valence-corrected chi connectivity index (χ3v) is 3.86. The van der Waals surface area contributed by atoms with Gasteiger partial charge in [-0.05, 0) is 37.9 Å². The summed E-state index contributed by atoms with van der Waals surface area (Å²) >= 11 is 0. The molecule has 0 bridgehead atoms. The van der Waals surface area contributed by atoms with Crippen molar-refractivity contribution in [2.45, 2.75) is 26.7 Å². The number of nitrogens with one attached hydrogen (secondary N) is 2. The maximum Gasteiger partial charge on any atom is 0.232 e. The number of carbonyl (C=O) groups is 1. The average Bonchev–Trinajstić information content (AvgIpc) is 2.84. The van der Waals surface area contributed by atoms with Crippen LogP contribution in [0.1, 0.15) is 25.3 Å². The number of amides is 1. The lowest BCUT2D eigenvalue weighted by molar-refractivity contribution is -0.124. The fraction of sp³-hybridized carbons (Fsp3) is 0.500. The second-order valence-corrected chi connectivity index (χ2v) is 4.95. The lowest BCUT2D eigenvalue weighted by Gasteiger charge is -2.25. The van der Waals surface area contributed by atoms with Crippen LogP contribution >= 0.6 is 0 Å². The minimum absolute atomic E-state index is 0.0804. The average molecular weight is 250 g/mol. The van der Waals surface area contributed by atoms with Gasteiger partial charge in [-0.3, -0.25) is 4.79 Å². The van der Waals surface area contributed by atoms with Crippen molar-refractivity contribution in [3.8, 4) is 0 Å². The Balaban J connectivity index is 2.21. The molecule has 18 heavy (non-hydrogen) atoms. The highest BCUT2D eigenvalue weighted by molar-refractivity contribution is 5.96. The summed E-state index contributed by atoms with van der Waals surface area (Å²) in [6.45, 7) is 5.31. The van der Waals surface area contributed by atoms with Gasteiger partial charge < -0.3 is 10.6 Å². The molecule has 1 aromatic carbocycles. The van der Waals surface area contributed by atoms with Crippen LogP contribution in [-0.4, -0.2) is 19.0 Å². The van der Waals surface area contributed by atoms with Gasteiger partial charge >= 0.3 is 0 Å². The quantitative estimate of drug-likeness (QED) is 0.865. The first-order valence-corrected chi connectivity index (χ1v) is 6.36. The van der Waals surface area contributed by atoms with Gasteiger partial charge in [-0.1, -0.05) is 19.1 Å². The van der Waals surface area contributed by atoms with Gasteiger partial charge in [0.2, 0.25) is 5.91 Å². The largest absolute Gasteiger partial charge is 0.323 e. The van der Waals surface area contributed by atoms with E-state index in [0.29, 0.717) is 12.2 Å². The number of benzene rings is 1. The van der Waals surface area contributed by atoms with Crippen LogP contribution in [0.5, 0.6) is 0 Å². The molecule has 0 spiro atoms. The number of hydrogen-bond acceptors (Lipinski definition) is 2. The van der Waals surface area contributed by atoms with Gasteiger partial charge in [0.15, 0.2) is 0 Å². The van der Waals surface area contributed by atoms with E-state index in [4.69, 9.17) is 0 Å². The molecule has 0 aliphatic carbocycles. The monoisotopic (exact) mass is 250 g/mol. The Morgan fingerprint density at radius 3 is 2.89 bits per heavy atom. The molecular weight excluding hydrogens is 231 g/mol. The number of rotatable bonds is 3. The number of anilines is 1. The number of aryl methyl sites for hydroxylation is 1. The molecule has 1 aliphatic heterocycles. The van der Waals surface area contributed by atoms with Gasteiger partial charge in [0.05, 0.1) is 11.1 Å². The molecule has 0 radical (unpaired) electrons. The van der Waals surface area contributed by atoms with E-state index in [1.54, 1.807) is 19.1 Å². The normalized spacial score (nSPS) is 23.1. The van der Waals surface area contributed by atoms with Crippen molar-refractivity contribution in [3.05, 3.63) is 29.6 Å². The second kappa shape index (κ2) is 5.06. The highest BCUT2D eigenvalue weighted by atomic mass is 19.1. The summed E-state index contributed by atoms with van der Waals surface area (Å²) < 4.78 is 13.7. The van der Waals surface area contributed by atoms with E-state index < -0.39 is 5.41 Å². The first-order chi connectivity index (χ1) is 8.59. The van der Waals surface area contributed by atoms with E-state index in [9.17, 15) is 9.18 Å². The maximum atomic E-state index is 13.7. The molecule has 1 aromatic rings. The van der Waals surface area contributed by atoms with Gasteiger partial charge in [0.25, 0.3) is 0 Å². The number of halogens is 1. The first-order valence-electron chi connectivity index (χ1n) is 6.36. The smallest absolute Gasteiger partial charge is 0.232 e. The predicted octanol–water partition coefficient (Wildman–Crippen LogP) is 2.46. The number of para-hydroxylation sites is 1. The molecular formula is C14H19FN2O. The summed E-state index contributed by atoms with van der Waals surface area (Å²) in [5.41, 5.74) is 0.664. The van der Waals surface area contributed by atoms with Gasteiger partial charge in [0.1, 0.15) is 5.82 Å². The lowest BCUT2D eigenvalue weighted by atomic mass is 9.83. The molecule has 1 amide bonds. The topological polar surface area (TPSA) is 41.1 Å². The molecule has 1 atom stereocenters. The summed E-state index contributed by atoms with van der Waals surface area (Å²) in [4.78, 5) is 12.4. The predicted molar refractivity (Wildman–Crippen MR) is 70.0 cm³/mol. The van der Waals surface area contributed by atoms with E-state index in [1.807, 2.05) is 6.92 Å². The van der Waals surface area contributed by atoms with Crippen LogP contribution in [0.2, 0.25) is 0 Å². The van der Waals surface area contributed by atoms with Gasteiger partial charge in [-0.25, -0.2) is 4.39 Å². The summed E-state index contributed by atoms with van der Waals surface area (Å²) in [7, 11) is 0. The third kappa shape index (κ3) is 2.25. The zero-order valence-electron chi connectivity index (χ0n) is 10.8. The molecule has 1 fully saturated rings. The Bertz CT molecular complexity index is 433. The highest BCUT2D eigenvalue weighted by Gasteiger charge is 2.39. The Morgan fingerprint density at radius 2 is 2.33 bits per heavy atom. The molecule has 4 heteroatoms. The third-order valence-electron chi connectivity index (χ3n) is 3.86. The summed E-state index contributed by atoms with van der Waals surface area (Å²) in [5.74, 6) is -0.455. The molecule has 1 heterocycles. The number of hydrogen-bond donors (Lipinski definition) is 2. The Kier molecular flexibility index (Phi) is 3.66. The Morgan fingerprint density at radius 1 is 1.56 bits per heavy atom. The Hall–Kier alpha value is -1.42. The van der Waals surface area contributed by atoms with Crippen molar-refractivity contribution in [1.82, 2.24) is 5.32 Å². The zero-order valence-corrected chi connectivity index (χ0v) is 10.8. The first kappa shape index (κ1) is 13.0. The fourth-order valence-electron chi connectivity index (χ4n) is 2.44. The van der Waals surface area contributed by atoms with E-state index in [-0.39, 0.29) is 11.7 Å². The Labute approximate surface area is 107 Å². The van der Waals surface area contributed by atoms with E-state index >= 15 is 0 Å². The van der Waals surface area contributed by atoms with Crippen LogP contribution in [0.3, 0.4) is 0 Å². The van der Waals surface area contributed by atoms with Crippen LogP contribution in [0.4, 0.5) is 10.1 Å². The molecule has 0 aromatic heterocycles. The lowest BCUT2D eigenvalue weighted by Crippen LogP contribution is -2.38. The van der Waals surface area contributed by atoms with Crippen molar-refractivity contribution in [2.75, 3.05) is 18.4 Å². The molecule has 1 aliphatic rings. The van der Waals surface area contributed by atoms with Crippen molar-refractivity contribution < 1.29 is 9.18 Å². The highest BCUT2D eigenvalue weighted by Crippen LogP contribution is 2.32. The SMILES string of the molecule is CCC1(C(=O)Nc2c(C)cccc2F)CCNC1. The van der Waals surface area contributed by atoms with E-state index in [1.165, 1.54) is 6.07 Å². The molecule has 2 N–H and O–H groups in total. The molecule has 1 unspecified atom stereocenters. The summed E-state index contributed by atoms with van der Waals surface area (Å²) in [6, 6.07) is 4.81. The minimum atomic E-state index is -0.394. The maximum absolute atomic E-state index is 13.7. The minimum Gasteiger partial charge on any atom is -0.323 e. The molecule has 3 nitrogen and oxygen atoms in total. The van der Waals surface area contributed by atoms with Crippen molar-refractivity contribution in [2.24, 2.45) is 5.41 Å². The van der Waals surface area contributed by atoms with Crippen molar-refractivity contribution in [1.29, 1.82) is 0 Å². The van der Waals surface area contributed by atoms with Crippen LogP contribution in [0.25, 0.3) is 0 Å². The fourth-order valence-corrected chi connectivity index (χ4v) is 2.44. The van der Waals surface area contributed by atoms with Crippen molar-refractivity contribution >= 4 is 11.6 Å². The van der Waals surface area contributed by atoms with Crippen LogP contribution in [0, 0.1) is 18.2 Å². The van der Waals surface area contributed by atoms with Crippen LogP contribution < -0.4 is 10.6 Å². The molecule has 2 rings (SSSR count). The standard InChI is InChI=1S/C14H19FN2O/c1-3-14(7-8-16-9-14)13(18)17-12-10(2)5-4-6-11(12)15/h4-6,16H,3,7-9H2,1-2H3,(H,17,18). The second-order valence-electron chi connectivity index (χ2n) is 4.95. The molecule has 0 saturated carbocycles.